The molecule has 1 N–H and O–H groups in total. The summed E-state index contributed by atoms with van der Waals surface area (Å²) in [6, 6.07) is 10.4. The summed E-state index contributed by atoms with van der Waals surface area (Å²) in [6.07, 6.45) is 0.375. The van der Waals surface area contributed by atoms with Gasteiger partial charge in [-0.2, -0.15) is 5.10 Å². The zero-order valence-corrected chi connectivity index (χ0v) is 14.6. The molecule has 0 spiro atoms. The normalized spacial score (nSPS) is 12.4. The number of nitrogens with zero attached hydrogens (tertiary/aromatic N) is 3. The third kappa shape index (κ3) is 4.20. The minimum absolute atomic E-state index is 0.0342. The summed E-state index contributed by atoms with van der Waals surface area (Å²) >= 11 is 0. The van der Waals surface area contributed by atoms with Gasteiger partial charge in [0.15, 0.2) is 0 Å². The number of hydrogen-bond acceptors (Lipinski definition) is 3. The fourth-order valence-electron chi connectivity index (χ4n) is 2.78. The molecule has 5 nitrogen and oxygen atoms in total. The van der Waals surface area contributed by atoms with Crippen LogP contribution in [0, 0.1) is 13.8 Å². The monoisotopic (exact) mass is 314 g/mol. The first-order valence-corrected chi connectivity index (χ1v) is 7.87. The van der Waals surface area contributed by atoms with Crippen molar-refractivity contribution in [1.29, 1.82) is 0 Å². The van der Waals surface area contributed by atoms with Gasteiger partial charge in [-0.3, -0.25) is 9.48 Å². The van der Waals surface area contributed by atoms with E-state index in [9.17, 15) is 4.79 Å². The van der Waals surface area contributed by atoms with Crippen molar-refractivity contribution in [2.24, 2.45) is 7.05 Å². The maximum Gasteiger partial charge on any atom is 0.224 e. The molecule has 5 heteroatoms. The first kappa shape index (κ1) is 17.2. The largest absolute Gasteiger partial charge is 0.354 e. The first-order valence-electron chi connectivity index (χ1n) is 7.87. The molecule has 1 amide bonds. The summed E-state index contributed by atoms with van der Waals surface area (Å²) in [5.74, 6) is 0.0342. The fourth-order valence-corrected chi connectivity index (χ4v) is 2.78. The van der Waals surface area contributed by atoms with E-state index in [1.54, 1.807) is 0 Å². The van der Waals surface area contributed by atoms with E-state index < -0.39 is 0 Å². The summed E-state index contributed by atoms with van der Waals surface area (Å²) in [4.78, 5) is 14.4. The number of carbonyl (C=O) groups excluding carboxylic acids is 1. The average molecular weight is 314 g/mol. The number of carbonyl (C=O) groups is 1. The van der Waals surface area contributed by atoms with E-state index >= 15 is 0 Å². The van der Waals surface area contributed by atoms with Crippen molar-refractivity contribution < 1.29 is 4.79 Å². The SMILES string of the molecule is Cc1nn(C)c(C)c1CC(=O)NC[C@@H](c1ccccc1)N(C)C. The van der Waals surface area contributed by atoms with Crippen LogP contribution in [0.4, 0.5) is 0 Å². The molecule has 0 saturated carbocycles. The van der Waals surface area contributed by atoms with Gasteiger partial charge in [0.25, 0.3) is 0 Å². The predicted octanol–water partition coefficient (Wildman–Crippen LogP) is 2.00. The van der Waals surface area contributed by atoms with Crippen LogP contribution in [0.15, 0.2) is 30.3 Å². The second kappa shape index (κ2) is 7.42. The van der Waals surface area contributed by atoms with Gasteiger partial charge < -0.3 is 10.2 Å². The maximum atomic E-state index is 12.3. The van der Waals surface area contributed by atoms with Crippen LogP contribution in [-0.2, 0) is 18.3 Å². The van der Waals surface area contributed by atoms with Crippen LogP contribution < -0.4 is 5.32 Å². The van der Waals surface area contributed by atoms with Crippen molar-refractivity contribution in [1.82, 2.24) is 20.0 Å². The third-order valence-electron chi connectivity index (χ3n) is 4.30. The van der Waals surface area contributed by atoms with Crippen molar-refractivity contribution in [3.8, 4) is 0 Å². The molecule has 1 aromatic heterocycles. The van der Waals surface area contributed by atoms with Crippen LogP contribution in [-0.4, -0.2) is 41.2 Å². The van der Waals surface area contributed by atoms with Gasteiger partial charge in [0, 0.05) is 24.8 Å². The van der Waals surface area contributed by atoms with Gasteiger partial charge in [-0.1, -0.05) is 30.3 Å². The molecular weight excluding hydrogens is 288 g/mol. The Morgan fingerprint density at radius 3 is 2.43 bits per heavy atom. The molecule has 1 atom stereocenters. The number of aromatic nitrogens is 2. The number of rotatable bonds is 6. The molecule has 0 fully saturated rings. The minimum Gasteiger partial charge on any atom is -0.354 e. The van der Waals surface area contributed by atoms with Crippen molar-refractivity contribution in [2.45, 2.75) is 26.3 Å². The number of aryl methyl sites for hydroxylation is 2. The van der Waals surface area contributed by atoms with Crippen LogP contribution >= 0.6 is 0 Å². The summed E-state index contributed by atoms with van der Waals surface area (Å²) in [5.41, 5.74) is 4.19. The highest BCUT2D eigenvalue weighted by Crippen LogP contribution is 2.17. The highest BCUT2D eigenvalue weighted by Gasteiger charge is 2.17. The average Bonchev–Trinajstić information content (AvgIpc) is 2.74. The summed E-state index contributed by atoms with van der Waals surface area (Å²) in [6.45, 7) is 4.53. The molecule has 0 radical (unpaired) electrons. The molecule has 2 aromatic rings. The lowest BCUT2D eigenvalue weighted by Gasteiger charge is -2.25. The van der Waals surface area contributed by atoms with Gasteiger partial charge in [0.2, 0.25) is 5.91 Å². The van der Waals surface area contributed by atoms with Gasteiger partial charge in [-0.15, -0.1) is 0 Å². The fraction of sp³-hybridized carbons (Fsp3) is 0.444. The molecule has 0 aliphatic rings. The minimum atomic E-state index is 0.0342. The highest BCUT2D eigenvalue weighted by molar-refractivity contribution is 5.79. The molecule has 0 aliphatic heterocycles. The van der Waals surface area contributed by atoms with Crippen LogP contribution in [0.2, 0.25) is 0 Å². The van der Waals surface area contributed by atoms with Gasteiger partial charge in [-0.25, -0.2) is 0 Å². The molecule has 2 rings (SSSR count). The van der Waals surface area contributed by atoms with Crippen LogP contribution in [0.25, 0.3) is 0 Å². The van der Waals surface area contributed by atoms with E-state index in [1.165, 1.54) is 5.56 Å². The van der Waals surface area contributed by atoms with Crippen LogP contribution in [0.5, 0.6) is 0 Å². The molecule has 0 bridgehead atoms. The first-order chi connectivity index (χ1) is 10.9. The smallest absolute Gasteiger partial charge is 0.224 e. The Morgan fingerprint density at radius 1 is 1.26 bits per heavy atom. The Kier molecular flexibility index (Phi) is 5.55. The molecule has 0 saturated heterocycles. The number of amides is 1. The van der Waals surface area contributed by atoms with Crippen LogP contribution in [0.3, 0.4) is 0 Å². The van der Waals surface area contributed by atoms with E-state index in [0.717, 1.165) is 17.0 Å². The Morgan fingerprint density at radius 2 is 1.91 bits per heavy atom. The standard InChI is InChI=1S/C18H26N4O/c1-13-16(14(2)22(5)20-13)11-18(23)19-12-17(21(3)4)15-9-7-6-8-10-15/h6-10,17H,11-12H2,1-5H3,(H,19,23)/t17-/m0/s1. The van der Waals surface area contributed by atoms with E-state index in [2.05, 4.69) is 27.4 Å². The highest BCUT2D eigenvalue weighted by atomic mass is 16.1. The lowest BCUT2D eigenvalue weighted by Crippen LogP contribution is -2.35. The third-order valence-corrected chi connectivity index (χ3v) is 4.30. The molecular formula is C18H26N4O. The lowest BCUT2D eigenvalue weighted by atomic mass is 10.1. The van der Waals surface area contributed by atoms with E-state index in [1.807, 2.05) is 57.9 Å². The molecule has 1 heterocycles. The topological polar surface area (TPSA) is 50.2 Å². The van der Waals surface area contributed by atoms with Crippen molar-refractivity contribution >= 4 is 5.91 Å². The Labute approximate surface area is 138 Å². The number of likely N-dealkylation sites (N-methyl/N-ethyl adjacent to an activating group) is 1. The molecule has 1 aromatic carbocycles. The second-order valence-electron chi connectivity index (χ2n) is 6.14. The molecule has 124 valence electrons. The maximum absolute atomic E-state index is 12.3. The van der Waals surface area contributed by atoms with Gasteiger partial charge in [0.1, 0.15) is 0 Å². The zero-order valence-electron chi connectivity index (χ0n) is 14.6. The van der Waals surface area contributed by atoms with E-state index in [0.29, 0.717) is 13.0 Å². The predicted molar refractivity (Wildman–Crippen MR) is 92.3 cm³/mol. The van der Waals surface area contributed by atoms with Gasteiger partial charge in [0.05, 0.1) is 18.2 Å². The van der Waals surface area contributed by atoms with Crippen molar-refractivity contribution in [3.63, 3.8) is 0 Å². The summed E-state index contributed by atoms with van der Waals surface area (Å²) in [7, 11) is 5.96. The number of nitrogens with one attached hydrogen (secondary N) is 1. The van der Waals surface area contributed by atoms with Gasteiger partial charge in [-0.05, 0) is 33.5 Å². The summed E-state index contributed by atoms with van der Waals surface area (Å²) < 4.78 is 1.82. The van der Waals surface area contributed by atoms with Gasteiger partial charge >= 0.3 is 0 Å². The second-order valence-corrected chi connectivity index (χ2v) is 6.14. The Hall–Kier alpha value is -2.14. The number of hydrogen-bond donors (Lipinski definition) is 1. The van der Waals surface area contributed by atoms with Crippen LogP contribution in [0.1, 0.15) is 28.6 Å². The molecule has 23 heavy (non-hydrogen) atoms. The Bertz CT molecular complexity index is 661. The lowest BCUT2D eigenvalue weighted by molar-refractivity contribution is -0.120. The van der Waals surface area contributed by atoms with Crippen molar-refractivity contribution in [2.75, 3.05) is 20.6 Å². The number of benzene rings is 1. The zero-order chi connectivity index (χ0) is 17.0. The van der Waals surface area contributed by atoms with E-state index in [4.69, 9.17) is 0 Å². The molecule has 0 unspecified atom stereocenters. The quantitative estimate of drug-likeness (QED) is 0.887. The van der Waals surface area contributed by atoms with Crippen molar-refractivity contribution in [3.05, 3.63) is 52.8 Å². The summed E-state index contributed by atoms with van der Waals surface area (Å²) in [5, 5.41) is 7.42. The Balaban J connectivity index is 2.00. The van der Waals surface area contributed by atoms with E-state index in [-0.39, 0.29) is 11.9 Å². The molecule has 0 aliphatic carbocycles.